The minimum atomic E-state index is 0.115. The summed E-state index contributed by atoms with van der Waals surface area (Å²) < 4.78 is 0. The number of carbonyl (C=O) groups excluding carboxylic acids is 1. The van der Waals surface area contributed by atoms with Crippen molar-refractivity contribution < 1.29 is 4.79 Å². The van der Waals surface area contributed by atoms with Crippen LogP contribution >= 0.6 is 11.3 Å². The van der Waals surface area contributed by atoms with Crippen LogP contribution in [0.1, 0.15) is 35.1 Å². The van der Waals surface area contributed by atoms with Gasteiger partial charge in [0.15, 0.2) is 10.9 Å². The Kier molecular flexibility index (Phi) is 4.35. The molecule has 2 heterocycles. The SMILES string of the molecule is CC(=O)c1sc(N(C)CCN2CCCC2)nc1C. The molecule has 1 fully saturated rings. The lowest BCUT2D eigenvalue weighted by Gasteiger charge is -2.20. The maximum Gasteiger partial charge on any atom is 0.185 e. The van der Waals surface area contributed by atoms with E-state index in [9.17, 15) is 4.79 Å². The highest BCUT2D eigenvalue weighted by atomic mass is 32.1. The zero-order valence-electron chi connectivity index (χ0n) is 11.4. The molecule has 1 aromatic heterocycles. The number of aromatic nitrogens is 1. The Morgan fingerprint density at radius 2 is 2.11 bits per heavy atom. The summed E-state index contributed by atoms with van der Waals surface area (Å²) in [7, 11) is 2.05. The second-order valence-electron chi connectivity index (χ2n) is 4.94. The Morgan fingerprint density at radius 1 is 1.44 bits per heavy atom. The Morgan fingerprint density at radius 3 is 2.67 bits per heavy atom. The van der Waals surface area contributed by atoms with Crippen LogP contribution in [0.3, 0.4) is 0 Å². The lowest BCUT2D eigenvalue weighted by molar-refractivity contribution is 0.102. The van der Waals surface area contributed by atoms with Crippen molar-refractivity contribution in [2.24, 2.45) is 0 Å². The normalized spacial score (nSPS) is 16.2. The molecule has 0 amide bonds. The predicted octanol–water partition coefficient (Wildman–Crippen LogP) is 2.19. The molecule has 5 heteroatoms. The predicted molar refractivity (Wildman–Crippen MR) is 75.8 cm³/mol. The molecule has 0 atom stereocenters. The van der Waals surface area contributed by atoms with Crippen molar-refractivity contribution in [3.05, 3.63) is 10.6 Å². The van der Waals surface area contributed by atoms with Crippen LogP contribution in [0, 0.1) is 6.92 Å². The van der Waals surface area contributed by atoms with Crippen molar-refractivity contribution in [1.29, 1.82) is 0 Å². The fraction of sp³-hybridized carbons (Fsp3) is 0.692. The van der Waals surface area contributed by atoms with Crippen molar-refractivity contribution in [2.45, 2.75) is 26.7 Å². The molecule has 0 radical (unpaired) electrons. The number of likely N-dealkylation sites (tertiary alicyclic amines) is 1. The van der Waals surface area contributed by atoms with E-state index in [2.05, 4.69) is 21.8 Å². The average molecular weight is 267 g/mol. The van der Waals surface area contributed by atoms with Crippen LogP contribution in [0.2, 0.25) is 0 Å². The molecule has 1 saturated heterocycles. The lowest BCUT2D eigenvalue weighted by atomic mass is 10.3. The molecule has 0 spiro atoms. The van der Waals surface area contributed by atoms with E-state index in [1.165, 1.54) is 37.3 Å². The van der Waals surface area contributed by atoms with Crippen LogP contribution in [-0.4, -0.2) is 48.9 Å². The third-order valence-electron chi connectivity index (χ3n) is 3.38. The van der Waals surface area contributed by atoms with Crippen LogP contribution in [0.5, 0.6) is 0 Å². The second kappa shape index (κ2) is 5.80. The molecule has 18 heavy (non-hydrogen) atoms. The summed E-state index contributed by atoms with van der Waals surface area (Å²) in [6.45, 7) is 8.03. The Hall–Kier alpha value is -0.940. The summed E-state index contributed by atoms with van der Waals surface area (Å²) >= 11 is 1.50. The minimum Gasteiger partial charge on any atom is -0.350 e. The molecule has 4 nitrogen and oxygen atoms in total. The van der Waals surface area contributed by atoms with Gasteiger partial charge in [-0.25, -0.2) is 4.98 Å². The maximum atomic E-state index is 11.4. The largest absolute Gasteiger partial charge is 0.350 e. The third kappa shape index (κ3) is 3.09. The molecular formula is C13H21N3OS. The Balaban J connectivity index is 1.93. The number of hydrogen-bond acceptors (Lipinski definition) is 5. The van der Waals surface area contributed by atoms with E-state index in [1.807, 2.05) is 6.92 Å². The Labute approximate surface area is 113 Å². The van der Waals surface area contributed by atoms with Crippen molar-refractivity contribution in [1.82, 2.24) is 9.88 Å². The number of carbonyl (C=O) groups is 1. The van der Waals surface area contributed by atoms with Gasteiger partial charge in [-0.1, -0.05) is 11.3 Å². The molecule has 0 bridgehead atoms. The van der Waals surface area contributed by atoms with Gasteiger partial charge in [0.25, 0.3) is 0 Å². The molecule has 1 aliphatic rings. The number of Topliss-reactive ketones (excluding diaryl/α,β-unsaturated/α-hetero) is 1. The van der Waals surface area contributed by atoms with Gasteiger partial charge in [0.05, 0.1) is 10.6 Å². The van der Waals surface area contributed by atoms with Gasteiger partial charge in [-0.15, -0.1) is 0 Å². The Bertz CT molecular complexity index is 424. The number of thiazole rings is 1. The average Bonchev–Trinajstić information content (AvgIpc) is 2.94. The molecule has 0 aliphatic carbocycles. The van der Waals surface area contributed by atoms with Crippen LogP contribution in [0.25, 0.3) is 0 Å². The van der Waals surface area contributed by atoms with Crippen molar-refractivity contribution in [3.63, 3.8) is 0 Å². The number of likely N-dealkylation sites (N-methyl/N-ethyl adjacent to an activating group) is 1. The highest BCUT2D eigenvalue weighted by molar-refractivity contribution is 7.17. The molecule has 0 saturated carbocycles. The molecule has 0 unspecified atom stereocenters. The van der Waals surface area contributed by atoms with E-state index in [1.54, 1.807) is 6.92 Å². The standard InChI is InChI=1S/C13H21N3OS/c1-10-12(11(2)17)18-13(14-10)15(3)8-9-16-6-4-5-7-16/h4-9H2,1-3H3. The number of hydrogen-bond donors (Lipinski definition) is 0. The molecular weight excluding hydrogens is 246 g/mol. The van der Waals surface area contributed by atoms with E-state index in [4.69, 9.17) is 0 Å². The van der Waals surface area contributed by atoms with Crippen LogP contribution < -0.4 is 4.90 Å². The topological polar surface area (TPSA) is 36.4 Å². The van der Waals surface area contributed by atoms with E-state index >= 15 is 0 Å². The molecule has 1 aliphatic heterocycles. The highest BCUT2D eigenvalue weighted by Crippen LogP contribution is 2.25. The summed E-state index contributed by atoms with van der Waals surface area (Å²) in [5.41, 5.74) is 0.857. The number of ketones is 1. The molecule has 100 valence electrons. The smallest absolute Gasteiger partial charge is 0.185 e. The van der Waals surface area contributed by atoms with E-state index < -0.39 is 0 Å². The van der Waals surface area contributed by atoms with Crippen LogP contribution in [-0.2, 0) is 0 Å². The number of aryl methyl sites for hydroxylation is 1. The van der Waals surface area contributed by atoms with Crippen LogP contribution in [0.15, 0.2) is 0 Å². The summed E-state index contributed by atoms with van der Waals surface area (Å²) in [6.07, 6.45) is 2.66. The van der Waals surface area contributed by atoms with Gasteiger partial charge in [-0.3, -0.25) is 4.79 Å². The monoisotopic (exact) mass is 267 g/mol. The first-order valence-electron chi connectivity index (χ1n) is 6.50. The highest BCUT2D eigenvalue weighted by Gasteiger charge is 2.16. The van der Waals surface area contributed by atoms with Crippen molar-refractivity contribution in [2.75, 3.05) is 38.1 Å². The van der Waals surface area contributed by atoms with E-state index in [0.29, 0.717) is 0 Å². The van der Waals surface area contributed by atoms with Gasteiger partial charge in [0, 0.05) is 27.1 Å². The molecule has 1 aromatic rings. The number of anilines is 1. The first-order chi connectivity index (χ1) is 8.58. The fourth-order valence-electron chi connectivity index (χ4n) is 2.27. The second-order valence-corrected chi connectivity index (χ2v) is 5.91. The van der Waals surface area contributed by atoms with E-state index in [-0.39, 0.29) is 5.78 Å². The fourth-order valence-corrected chi connectivity index (χ4v) is 3.21. The van der Waals surface area contributed by atoms with E-state index in [0.717, 1.165) is 28.8 Å². The van der Waals surface area contributed by atoms with Gasteiger partial charge in [0.1, 0.15) is 0 Å². The summed E-state index contributed by atoms with van der Waals surface area (Å²) in [4.78, 5) is 21.3. The lowest BCUT2D eigenvalue weighted by Crippen LogP contribution is -2.31. The summed E-state index contributed by atoms with van der Waals surface area (Å²) in [5.74, 6) is 0.115. The molecule has 0 aromatic carbocycles. The zero-order valence-corrected chi connectivity index (χ0v) is 12.2. The van der Waals surface area contributed by atoms with Gasteiger partial charge < -0.3 is 9.80 Å². The van der Waals surface area contributed by atoms with Gasteiger partial charge in [-0.2, -0.15) is 0 Å². The van der Waals surface area contributed by atoms with Crippen molar-refractivity contribution in [3.8, 4) is 0 Å². The number of rotatable bonds is 5. The first kappa shape index (κ1) is 13.5. The summed E-state index contributed by atoms with van der Waals surface area (Å²) in [6, 6.07) is 0. The van der Waals surface area contributed by atoms with Gasteiger partial charge in [0.2, 0.25) is 0 Å². The third-order valence-corrected chi connectivity index (χ3v) is 4.75. The van der Waals surface area contributed by atoms with Crippen LogP contribution in [0.4, 0.5) is 5.13 Å². The zero-order chi connectivity index (χ0) is 13.1. The maximum absolute atomic E-state index is 11.4. The van der Waals surface area contributed by atoms with Gasteiger partial charge >= 0.3 is 0 Å². The summed E-state index contributed by atoms with van der Waals surface area (Å²) in [5, 5.41) is 0.955. The number of nitrogens with zero attached hydrogens (tertiary/aromatic N) is 3. The molecule has 0 N–H and O–H groups in total. The van der Waals surface area contributed by atoms with Gasteiger partial charge in [-0.05, 0) is 32.9 Å². The molecule has 2 rings (SSSR count). The minimum absolute atomic E-state index is 0.115. The first-order valence-corrected chi connectivity index (χ1v) is 7.31. The van der Waals surface area contributed by atoms with Crippen molar-refractivity contribution >= 4 is 22.3 Å². The quantitative estimate of drug-likeness (QED) is 0.766.